The van der Waals surface area contributed by atoms with E-state index in [1.54, 1.807) is 0 Å². The van der Waals surface area contributed by atoms with Gasteiger partial charge in [-0.3, -0.25) is 9.88 Å². The molecule has 2 heterocycles. The van der Waals surface area contributed by atoms with Crippen LogP contribution in [0.2, 0.25) is 0 Å². The summed E-state index contributed by atoms with van der Waals surface area (Å²) >= 11 is 0. The van der Waals surface area contributed by atoms with E-state index in [1.165, 1.54) is 38.0 Å². The molecule has 0 amide bonds. The predicted molar refractivity (Wildman–Crippen MR) is 73.2 cm³/mol. The first-order chi connectivity index (χ1) is 8.83. The molecule has 98 valence electrons. The Bertz CT molecular complexity index is 375. The maximum atomic E-state index is 4.46. The van der Waals surface area contributed by atoms with Crippen LogP contribution >= 0.6 is 0 Å². The monoisotopic (exact) mass is 245 g/mol. The van der Waals surface area contributed by atoms with E-state index in [2.05, 4.69) is 34.3 Å². The van der Waals surface area contributed by atoms with Crippen molar-refractivity contribution in [2.75, 3.05) is 13.1 Å². The van der Waals surface area contributed by atoms with Gasteiger partial charge < -0.3 is 5.32 Å². The minimum atomic E-state index is 0.656. The number of rotatable bonds is 3. The van der Waals surface area contributed by atoms with Crippen LogP contribution in [0.5, 0.6) is 0 Å². The molecule has 1 aromatic heterocycles. The highest BCUT2D eigenvalue weighted by atomic mass is 15.2. The number of pyridine rings is 1. The van der Waals surface area contributed by atoms with E-state index in [0.717, 1.165) is 12.5 Å². The summed E-state index contributed by atoms with van der Waals surface area (Å²) in [6, 6.07) is 7.57. The lowest BCUT2D eigenvalue weighted by molar-refractivity contribution is 0.188. The van der Waals surface area contributed by atoms with Crippen molar-refractivity contribution in [2.24, 2.45) is 5.92 Å². The molecule has 3 rings (SSSR count). The molecule has 1 aliphatic carbocycles. The molecule has 3 nitrogen and oxygen atoms in total. The van der Waals surface area contributed by atoms with Crippen LogP contribution in [-0.4, -0.2) is 35.1 Å². The minimum Gasteiger partial charge on any atom is -0.312 e. The Morgan fingerprint density at radius 2 is 2.22 bits per heavy atom. The Morgan fingerprint density at radius 1 is 1.33 bits per heavy atom. The quantitative estimate of drug-likeness (QED) is 0.883. The van der Waals surface area contributed by atoms with Crippen LogP contribution in [0.25, 0.3) is 0 Å². The molecule has 2 atom stereocenters. The van der Waals surface area contributed by atoms with Gasteiger partial charge in [-0.25, -0.2) is 0 Å². The van der Waals surface area contributed by atoms with Crippen molar-refractivity contribution in [3.05, 3.63) is 30.1 Å². The number of nitrogens with zero attached hydrogens (tertiary/aromatic N) is 2. The molecule has 1 saturated heterocycles. The fourth-order valence-electron chi connectivity index (χ4n) is 2.89. The third kappa shape index (κ3) is 2.90. The molecule has 1 aliphatic heterocycles. The highest BCUT2D eigenvalue weighted by Gasteiger charge is 2.34. The van der Waals surface area contributed by atoms with E-state index < -0.39 is 0 Å². The van der Waals surface area contributed by atoms with Crippen LogP contribution in [0.1, 0.15) is 31.9 Å². The highest BCUT2D eigenvalue weighted by Crippen LogP contribution is 2.34. The van der Waals surface area contributed by atoms with Gasteiger partial charge in [-0.05, 0) is 50.8 Å². The van der Waals surface area contributed by atoms with Gasteiger partial charge in [-0.1, -0.05) is 6.07 Å². The molecule has 1 saturated carbocycles. The topological polar surface area (TPSA) is 28.2 Å². The summed E-state index contributed by atoms with van der Waals surface area (Å²) in [7, 11) is 0. The molecule has 2 aliphatic rings. The van der Waals surface area contributed by atoms with Gasteiger partial charge in [0.25, 0.3) is 0 Å². The van der Waals surface area contributed by atoms with Gasteiger partial charge in [0.15, 0.2) is 0 Å². The molecule has 1 N–H and O–H groups in total. The summed E-state index contributed by atoms with van der Waals surface area (Å²) in [5.74, 6) is 0.932. The summed E-state index contributed by atoms with van der Waals surface area (Å²) in [6.07, 6.45) is 5.98. The van der Waals surface area contributed by atoms with E-state index in [0.29, 0.717) is 12.1 Å². The average Bonchev–Trinajstić information content (AvgIpc) is 3.21. The second-order valence-electron chi connectivity index (χ2n) is 5.79. The van der Waals surface area contributed by atoms with Crippen molar-refractivity contribution >= 4 is 0 Å². The molecule has 18 heavy (non-hydrogen) atoms. The van der Waals surface area contributed by atoms with Gasteiger partial charge in [0.1, 0.15) is 0 Å². The van der Waals surface area contributed by atoms with E-state index >= 15 is 0 Å². The first kappa shape index (κ1) is 12.1. The maximum absolute atomic E-state index is 4.46. The van der Waals surface area contributed by atoms with Crippen LogP contribution in [0, 0.1) is 5.92 Å². The molecule has 3 heteroatoms. The number of nitrogens with one attached hydrogen (secondary N) is 1. The number of hydrogen-bond donors (Lipinski definition) is 1. The van der Waals surface area contributed by atoms with Gasteiger partial charge in [-0.2, -0.15) is 0 Å². The Labute approximate surface area is 110 Å². The summed E-state index contributed by atoms with van der Waals surface area (Å²) in [6.45, 7) is 5.69. The lowest BCUT2D eigenvalue weighted by atomic mass is 10.1. The maximum Gasteiger partial charge on any atom is 0.0544 e. The van der Waals surface area contributed by atoms with Gasteiger partial charge in [0.2, 0.25) is 0 Å². The Kier molecular flexibility index (Phi) is 3.62. The lowest BCUT2D eigenvalue weighted by Crippen LogP contribution is -2.41. The summed E-state index contributed by atoms with van der Waals surface area (Å²) in [5, 5.41) is 3.73. The Morgan fingerprint density at radius 3 is 2.94 bits per heavy atom. The summed E-state index contributed by atoms with van der Waals surface area (Å²) in [5.41, 5.74) is 1.20. The summed E-state index contributed by atoms with van der Waals surface area (Å²) in [4.78, 5) is 7.06. The van der Waals surface area contributed by atoms with Crippen LogP contribution in [-0.2, 0) is 6.54 Å². The van der Waals surface area contributed by atoms with Crippen LogP contribution < -0.4 is 5.32 Å². The van der Waals surface area contributed by atoms with Crippen LogP contribution in [0.15, 0.2) is 24.4 Å². The van der Waals surface area contributed by atoms with Crippen molar-refractivity contribution in [1.29, 1.82) is 0 Å². The SMILES string of the molecule is CC1CCNC(C2CC2)CN1Cc1ccccn1. The molecule has 0 bridgehead atoms. The molecule has 2 unspecified atom stereocenters. The predicted octanol–water partition coefficient (Wildman–Crippen LogP) is 2.04. The van der Waals surface area contributed by atoms with E-state index in [9.17, 15) is 0 Å². The average molecular weight is 245 g/mol. The van der Waals surface area contributed by atoms with Gasteiger partial charge >= 0.3 is 0 Å². The van der Waals surface area contributed by atoms with Crippen molar-refractivity contribution in [3.63, 3.8) is 0 Å². The van der Waals surface area contributed by atoms with Crippen molar-refractivity contribution < 1.29 is 0 Å². The van der Waals surface area contributed by atoms with Gasteiger partial charge in [0, 0.05) is 31.4 Å². The zero-order chi connectivity index (χ0) is 12.4. The first-order valence-electron chi connectivity index (χ1n) is 7.20. The zero-order valence-corrected chi connectivity index (χ0v) is 11.2. The van der Waals surface area contributed by atoms with Crippen molar-refractivity contribution in [2.45, 2.75) is 44.8 Å². The fourth-order valence-corrected chi connectivity index (χ4v) is 2.89. The zero-order valence-electron chi connectivity index (χ0n) is 11.2. The van der Waals surface area contributed by atoms with Gasteiger partial charge in [-0.15, -0.1) is 0 Å². The second kappa shape index (κ2) is 5.37. The first-order valence-corrected chi connectivity index (χ1v) is 7.20. The van der Waals surface area contributed by atoms with Crippen LogP contribution in [0.4, 0.5) is 0 Å². The Hall–Kier alpha value is -0.930. The fraction of sp³-hybridized carbons (Fsp3) is 0.667. The lowest BCUT2D eigenvalue weighted by Gasteiger charge is -2.28. The molecule has 1 aromatic rings. The third-order valence-electron chi connectivity index (χ3n) is 4.31. The number of hydrogen-bond acceptors (Lipinski definition) is 3. The minimum absolute atomic E-state index is 0.656. The molecule has 0 spiro atoms. The smallest absolute Gasteiger partial charge is 0.0544 e. The second-order valence-corrected chi connectivity index (χ2v) is 5.79. The van der Waals surface area contributed by atoms with Gasteiger partial charge in [0.05, 0.1) is 5.69 Å². The third-order valence-corrected chi connectivity index (χ3v) is 4.31. The molecule has 0 radical (unpaired) electrons. The molecular weight excluding hydrogens is 222 g/mol. The van der Waals surface area contributed by atoms with E-state index in [-0.39, 0.29) is 0 Å². The summed E-state index contributed by atoms with van der Waals surface area (Å²) < 4.78 is 0. The molecule has 0 aromatic carbocycles. The standard InChI is InChI=1S/C15H23N3/c1-12-7-9-17-15(13-5-6-13)11-18(12)10-14-4-2-3-8-16-14/h2-4,8,12-13,15,17H,5-7,9-11H2,1H3. The van der Waals surface area contributed by atoms with Crippen LogP contribution in [0.3, 0.4) is 0 Å². The van der Waals surface area contributed by atoms with E-state index in [4.69, 9.17) is 0 Å². The Balaban J connectivity index is 1.67. The number of aromatic nitrogens is 1. The van der Waals surface area contributed by atoms with Crippen molar-refractivity contribution in [3.8, 4) is 0 Å². The van der Waals surface area contributed by atoms with E-state index in [1.807, 2.05) is 12.3 Å². The molecular formula is C15H23N3. The molecule has 2 fully saturated rings. The normalized spacial score (nSPS) is 30.1. The highest BCUT2D eigenvalue weighted by molar-refractivity contribution is 5.04. The largest absolute Gasteiger partial charge is 0.312 e. The van der Waals surface area contributed by atoms with Crippen molar-refractivity contribution in [1.82, 2.24) is 15.2 Å².